The van der Waals surface area contributed by atoms with E-state index in [0.29, 0.717) is 5.92 Å². The third-order valence-corrected chi connectivity index (χ3v) is 4.67. The molecule has 104 valence electrons. The van der Waals surface area contributed by atoms with Crippen LogP contribution in [0, 0.1) is 5.92 Å². The Morgan fingerprint density at radius 2 is 2.05 bits per heavy atom. The number of piperidine rings is 1. The van der Waals surface area contributed by atoms with E-state index in [9.17, 15) is 0 Å². The average molecular weight is 260 g/mol. The Balaban J connectivity index is 1.88. The summed E-state index contributed by atoms with van der Waals surface area (Å²) in [5.41, 5.74) is 8.89. The van der Waals surface area contributed by atoms with E-state index in [1.54, 1.807) is 6.33 Å². The summed E-state index contributed by atoms with van der Waals surface area (Å²) in [6.07, 6.45) is 8.99. The maximum Gasteiger partial charge on any atom is 0.135 e. The van der Waals surface area contributed by atoms with Crippen molar-refractivity contribution < 1.29 is 0 Å². The van der Waals surface area contributed by atoms with E-state index in [-0.39, 0.29) is 6.04 Å². The van der Waals surface area contributed by atoms with Crippen LogP contribution in [-0.2, 0) is 12.8 Å². The highest BCUT2D eigenvalue weighted by Crippen LogP contribution is 2.29. The van der Waals surface area contributed by atoms with E-state index >= 15 is 0 Å². The molecule has 3 rings (SSSR count). The standard InChI is InChI=1S/C15H24N4/c1-11-7-8-19(9-13(11)16)15-12-5-3-2-4-6-14(12)17-10-18-15/h10-11,13H,2-9,16H2,1H3. The summed E-state index contributed by atoms with van der Waals surface area (Å²) in [4.78, 5) is 11.5. The molecule has 1 saturated heterocycles. The summed E-state index contributed by atoms with van der Waals surface area (Å²) in [5.74, 6) is 1.78. The van der Waals surface area contributed by atoms with Gasteiger partial charge in [-0.05, 0) is 38.0 Å². The van der Waals surface area contributed by atoms with Crippen molar-refractivity contribution in [1.29, 1.82) is 0 Å². The summed E-state index contributed by atoms with van der Waals surface area (Å²) in [7, 11) is 0. The van der Waals surface area contributed by atoms with Crippen molar-refractivity contribution in [1.82, 2.24) is 9.97 Å². The molecule has 0 bridgehead atoms. The maximum atomic E-state index is 6.23. The van der Waals surface area contributed by atoms with Gasteiger partial charge in [-0.2, -0.15) is 0 Å². The number of hydrogen-bond acceptors (Lipinski definition) is 4. The lowest BCUT2D eigenvalue weighted by Gasteiger charge is -2.36. The minimum atomic E-state index is 0.269. The topological polar surface area (TPSA) is 55.0 Å². The molecule has 0 aromatic carbocycles. The van der Waals surface area contributed by atoms with Crippen molar-refractivity contribution in [2.75, 3.05) is 18.0 Å². The second kappa shape index (κ2) is 5.45. The van der Waals surface area contributed by atoms with Gasteiger partial charge in [-0.25, -0.2) is 9.97 Å². The first-order valence-corrected chi connectivity index (χ1v) is 7.59. The highest BCUT2D eigenvalue weighted by molar-refractivity contribution is 5.49. The predicted molar refractivity (Wildman–Crippen MR) is 77.3 cm³/mol. The van der Waals surface area contributed by atoms with Crippen LogP contribution in [0.5, 0.6) is 0 Å². The largest absolute Gasteiger partial charge is 0.355 e. The summed E-state index contributed by atoms with van der Waals surface area (Å²) in [6.45, 7) is 4.27. The van der Waals surface area contributed by atoms with E-state index in [1.807, 2.05) is 0 Å². The Morgan fingerprint density at radius 3 is 2.89 bits per heavy atom. The average Bonchev–Trinajstić information content (AvgIpc) is 2.67. The van der Waals surface area contributed by atoms with Gasteiger partial charge in [-0.3, -0.25) is 0 Å². The van der Waals surface area contributed by atoms with Gasteiger partial charge in [0.15, 0.2) is 0 Å². The van der Waals surface area contributed by atoms with E-state index in [1.165, 1.54) is 36.9 Å². The molecular weight excluding hydrogens is 236 g/mol. The Morgan fingerprint density at radius 1 is 1.21 bits per heavy atom. The predicted octanol–water partition coefficient (Wildman–Crippen LogP) is 1.92. The number of anilines is 1. The van der Waals surface area contributed by atoms with Crippen LogP contribution in [0.1, 0.15) is 43.9 Å². The Kier molecular flexibility index (Phi) is 3.69. The molecule has 0 amide bonds. The fourth-order valence-electron chi connectivity index (χ4n) is 3.24. The van der Waals surface area contributed by atoms with Crippen LogP contribution >= 0.6 is 0 Å². The van der Waals surface area contributed by atoms with E-state index in [0.717, 1.165) is 31.7 Å². The highest BCUT2D eigenvalue weighted by Gasteiger charge is 2.26. The van der Waals surface area contributed by atoms with E-state index < -0.39 is 0 Å². The second-order valence-corrected chi connectivity index (χ2v) is 6.06. The molecule has 2 atom stereocenters. The van der Waals surface area contributed by atoms with Crippen molar-refractivity contribution in [2.45, 2.75) is 51.5 Å². The summed E-state index contributed by atoms with van der Waals surface area (Å²) in [5, 5.41) is 0. The van der Waals surface area contributed by atoms with Crippen LogP contribution in [0.15, 0.2) is 6.33 Å². The number of rotatable bonds is 1. The summed E-state index contributed by atoms with van der Waals surface area (Å²) < 4.78 is 0. The maximum absolute atomic E-state index is 6.23. The minimum Gasteiger partial charge on any atom is -0.355 e. The van der Waals surface area contributed by atoms with Crippen LogP contribution < -0.4 is 10.6 Å². The van der Waals surface area contributed by atoms with Gasteiger partial charge < -0.3 is 10.6 Å². The van der Waals surface area contributed by atoms with Gasteiger partial charge in [-0.1, -0.05) is 13.3 Å². The molecule has 2 aliphatic rings. The van der Waals surface area contributed by atoms with Gasteiger partial charge in [0.25, 0.3) is 0 Å². The Labute approximate surface area is 115 Å². The van der Waals surface area contributed by atoms with Crippen LogP contribution in [0.3, 0.4) is 0 Å². The first-order valence-electron chi connectivity index (χ1n) is 7.59. The minimum absolute atomic E-state index is 0.269. The number of hydrogen-bond donors (Lipinski definition) is 1. The lowest BCUT2D eigenvalue weighted by Crippen LogP contribution is -2.48. The molecule has 19 heavy (non-hydrogen) atoms. The second-order valence-electron chi connectivity index (χ2n) is 6.06. The highest BCUT2D eigenvalue weighted by atomic mass is 15.2. The van der Waals surface area contributed by atoms with Gasteiger partial charge in [-0.15, -0.1) is 0 Å². The smallest absolute Gasteiger partial charge is 0.135 e. The van der Waals surface area contributed by atoms with Crippen LogP contribution in [0.25, 0.3) is 0 Å². The molecule has 1 aromatic heterocycles. The summed E-state index contributed by atoms with van der Waals surface area (Å²) >= 11 is 0. The Bertz CT molecular complexity index is 446. The normalized spacial score (nSPS) is 27.8. The van der Waals surface area contributed by atoms with E-state index in [2.05, 4.69) is 21.8 Å². The fraction of sp³-hybridized carbons (Fsp3) is 0.733. The van der Waals surface area contributed by atoms with Crippen molar-refractivity contribution >= 4 is 5.82 Å². The van der Waals surface area contributed by atoms with Crippen LogP contribution in [0.4, 0.5) is 5.82 Å². The lowest BCUT2D eigenvalue weighted by molar-refractivity contribution is 0.377. The van der Waals surface area contributed by atoms with Crippen molar-refractivity contribution in [3.05, 3.63) is 17.6 Å². The van der Waals surface area contributed by atoms with Gasteiger partial charge in [0.1, 0.15) is 12.1 Å². The molecule has 1 fully saturated rings. The molecular formula is C15H24N4. The van der Waals surface area contributed by atoms with Gasteiger partial charge in [0, 0.05) is 30.4 Å². The van der Waals surface area contributed by atoms with Crippen LogP contribution in [0.2, 0.25) is 0 Å². The molecule has 4 nitrogen and oxygen atoms in total. The molecule has 0 spiro atoms. The van der Waals surface area contributed by atoms with Crippen molar-refractivity contribution in [2.24, 2.45) is 11.7 Å². The van der Waals surface area contributed by atoms with Crippen LogP contribution in [-0.4, -0.2) is 29.1 Å². The SMILES string of the molecule is CC1CCN(c2ncnc3c2CCCCC3)CC1N. The van der Waals surface area contributed by atoms with Gasteiger partial charge in [0.05, 0.1) is 0 Å². The number of aromatic nitrogens is 2. The zero-order chi connectivity index (χ0) is 13.2. The third-order valence-electron chi connectivity index (χ3n) is 4.67. The molecule has 0 saturated carbocycles. The van der Waals surface area contributed by atoms with Crippen molar-refractivity contribution in [3.8, 4) is 0 Å². The molecule has 4 heteroatoms. The molecule has 2 N–H and O–H groups in total. The van der Waals surface area contributed by atoms with E-state index in [4.69, 9.17) is 5.73 Å². The molecule has 0 radical (unpaired) electrons. The monoisotopic (exact) mass is 260 g/mol. The van der Waals surface area contributed by atoms with Gasteiger partial charge in [0.2, 0.25) is 0 Å². The van der Waals surface area contributed by atoms with Crippen molar-refractivity contribution in [3.63, 3.8) is 0 Å². The third kappa shape index (κ3) is 2.59. The number of aryl methyl sites for hydroxylation is 1. The first kappa shape index (κ1) is 12.9. The first-order chi connectivity index (χ1) is 9.25. The number of nitrogens with two attached hydrogens (primary N) is 1. The number of fused-ring (bicyclic) bond motifs is 1. The zero-order valence-electron chi connectivity index (χ0n) is 11.8. The lowest BCUT2D eigenvalue weighted by atomic mass is 9.94. The summed E-state index contributed by atoms with van der Waals surface area (Å²) in [6, 6.07) is 0.269. The molecule has 1 aliphatic heterocycles. The molecule has 1 aliphatic carbocycles. The quantitative estimate of drug-likeness (QED) is 0.784. The van der Waals surface area contributed by atoms with Gasteiger partial charge >= 0.3 is 0 Å². The fourth-order valence-corrected chi connectivity index (χ4v) is 3.24. The molecule has 2 unspecified atom stereocenters. The number of nitrogens with zero attached hydrogens (tertiary/aromatic N) is 3. The Hall–Kier alpha value is -1.16. The zero-order valence-corrected chi connectivity index (χ0v) is 11.8. The molecule has 1 aromatic rings. The molecule has 2 heterocycles.